The van der Waals surface area contributed by atoms with Gasteiger partial charge in [-0.15, -0.1) is 0 Å². The predicted octanol–water partition coefficient (Wildman–Crippen LogP) is 0.805. The molecule has 1 aromatic rings. The van der Waals surface area contributed by atoms with Crippen LogP contribution in [0.4, 0.5) is 0 Å². The number of hydrogen-bond acceptors (Lipinski definition) is 3. The van der Waals surface area contributed by atoms with Gasteiger partial charge in [-0.05, 0) is 30.2 Å². The van der Waals surface area contributed by atoms with Crippen LogP contribution in [0.15, 0.2) is 18.2 Å². The van der Waals surface area contributed by atoms with Crippen LogP contribution in [0.3, 0.4) is 0 Å². The highest BCUT2D eigenvalue weighted by Gasteiger charge is 2.23. The van der Waals surface area contributed by atoms with Crippen LogP contribution in [0.1, 0.15) is 21.5 Å². The maximum absolute atomic E-state index is 12.5. The van der Waals surface area contributed by atoms with Crippen molar-refractivity contribution in [2.75, 3.05) is 32.8 Å². The molecule has 2 heterocycles. The topological polar surface area (TPSA) is 41.6 Å². The third-order valence-electron chi connectivity index (χ3n) is 3.67. The third kappa shape index (κ3) is 2.13. The van der Waals surface area contributed by atoms with Gasteiger partial charge in [0.1, 0.15) is 0 Å². The zero-order chi connectivity index (χ0) is 12.4. The van der Waals surface area contributed by atoms with Gasteiger partial charge in [-0.3, -0.25) is 4.79 Å². The van der Waals surface area contributed by atoms with Gasteiger partial charge in [0.15, 0.2) is 0 Å². The molecule has 2 aliphatic heterocycles. The van der Waals surface area contributed by atoms with E-state index in [1.54, 1.807) is 0 Å². The highest BCUT2D eigenvalue weighted by molar-refractivity contribution is 5.96. The molecule has 0 saturated carbocycles. The van der Waals surface area contributed by atoms with Crippen molar-refractivity contribution < 1.29 is 9.53 Å². The molecule has 1 N–H and O–H groups in total. The summed E-state index contributed by atoms with van der Waals surface area (Å²) in [6.45, 7) is 4.56. The van der Waals surface area contributed by atoms with Crippen molar-refractivity contribution in [1.29, 1.82) is 0 Å². The van der Waals surface area contributed by atoms with Gasteiger partial charge in [-0.1, -0.05) is 12.1 Å². The molecule has 0 radical (unpaired) electrons. The Labute approximate surface area is 107 Å². The fraction of sp³-hybridized carbons (Fsp3) is 0.500. The van der Waals surface area contributed by atoms with Crippen LogP contribution >= 0.6 is 0 Å². The summed E-state index contributed by atoms with van der Waals surface area (Å²) in [6, 6.07) is 6.05. The van der Waals surface area contributed by atoms with E-state index in [-0.39, 0.29) is 5.91 Å². The van der Waals surface area contributed by atoms with E-state index in [9.17, 15) is 4.79 Å². The van der Waals surface area contributed by atoms with Gasteiger partial charge in [-0.2, -0.15) is 0 Å². The van der Waals surface area contributed by atoms with E-state index in [4.69, 9.17) is 4.74 Å². The van der Waals surface area contributed by atoms with Crippen LogP contribution in [-0.4, -0.2) is 43.7 Å². The molecule has 1 aromatic carbocycles. The Balaban J connectivity index is 1.89. The summed E-state index contributed by atoms with van der Waals surface area (Å²) in [5, 5.41) is 3.34. The average Bonchev–Trinajstić information content (AvgIpc) is 2.47. The first-order chi connectivity index (χ1) is 8.86. The number of ether oxygens (including phenoxy) is 1. The second-order valence-corrected chi connectivity index (χ2v) is 4.77. The maximum Gasteiger partial charge on any atom is 0.254 e. The number of hydrogen-bond donors (Lipinski definition) is 1. The van der Waals surface area contributed by atoms with Crippen molar-refractivity contribution in [3.8, 4) is 0 Å². The summed E-state index contributed by atoms with van der Waals surface area (Å²) in [5.74, 6) is 0.164. The first kappa shape index (κ1) is 11.7. The van der Waals surface area contributed by atoms with Crippen molar-refractivity contribution >= 4 is 5.91 Å². The lowest BCUT2D eigenvalue weighted by Gasteiger charge is -2.29. The van der Waals surface area contributed by atoms with E-state index in [1.807, 2.05) is 17.0 Å². The van der Waals surface area contributed by atoms with Gasteiger partial charge in [0.25, 0.3) is 5.91 Å². The summed E-state index contributed by atoms with van der Waals surface area (Å²) in [6.07, 6.45) is 0.946. The van der Waals surface area contributed by atoms with Gasteiger partial charge >= 0.3 is 0 Å². The summed E-state index contributed by atoms with van der Waals surface area (Å²) < 4.78 is 5.29. The largest absolute Gasteiger partial charge is 0.378 e. The highest BCUT2D eigenvalue weighted by Crippen LogP contribution is 2.20. The van der Waals surface area contributed by atoms with E-state index in [0.29, 0.717) is 26.3 Å². The van der Waals surface area contributed by atoms with Crippen LogP contribution in [0, 0.1) is 0 Å². The molecule has 0 atom stereocenters. The molecule has 2 aliphatic rings. The lowest BCUT2D eigenvalue weighted by atomic mass is 9.94. The van der Waals surface area contributed by atoms with Gasteiger partial charge in [0.2, 0.25) is 0 Å². The quantitative estimate of drug-likeness (QED) is 0.797. The zero-order valence-corrected chi connectivity index (χ0v) is 10.4. The van der Waals surface area contributed by atoms with Gasteiger partial charge in [0, 0.05) is 25.2 Å². The zero-order valence-electron chi connectivity index (χ0n) is 10.4. The number of morpholine rings is 1. The number of nitrogens with zero attached hydrogens (tertiary/aromatic N) is 1. The Kier molecular flexibility index (Phi) is 3.30. The second kappa shape index (κ2) is 5.08. The molecule has 0 spiro atoms. The fourth-order valence-electron chi connectivity index (χ4n) is 2.67. The average molecular weight is 246 g/mol. The molecule has 1 amide bonds. The molecular formula is C14H18N2O2. The van der Waals surface area contributed by atoms with Gasteiger partial charge in [-0.25, -0.2) is 0 Å². The Hall–Kier alpha value is -1.39. The Morgan fingerprint density at radius 2 is 2.11 bits per heavy atom. The second-order valence-electron chi connectivity index (χ2n) is 4.77. The number of nitrogens with one attached hydrogen (secondary N) is 1. The molecule has 3 rings (SSSR count). The number of carbonyl (C=O) groups is 1. The molecule has 0 aliphatic carbocycles. The van der Waals surface area contributed by atoms with Crippen molar-refractivity contribution in [1.82, 2.24) is 10.2 Å². The number of carbonyl (C=O) groups excluding carboxylic acids is 1. The number of rotatable bonds is 1. The van der Waals surface area contributed by atoms with Crippen LogP contribution in [0.2, 0.25) is 0 Å². The molecule has 0 unspecified atom stereocenters. The van der Waals surface area contributed by atoms with Crippen LogP contribution in [0.5, 0.6) is 0 Å². The molecule has 1 saturated heterocycles. The highest BCUT2D eigenvalue weighted by atomic mass is 16.5. The smallest absolute Gasteiger partial charge is 0.254 e. The number of amides is 1. The van der Waals surface area contributed by atoms with E-state index < -0.39 is 0 Å². The Morgan fingerprint density at radius 1 is 1.28 bits per heavy atom. The van der Waals surface area contributed by atoms with Crippen molar-refractivity contribution in [3.05, 3.63) is 34.9 Å². The SMILES string of the molecule is O=C(c1cccc2c1CCNC2)N1CCOCC1. The van der Waals surface area contributed by atoms with Crippen LogP contribution in [0.25, 0.3) is 0 Å². The molecule has 0 aromatic heterocycles. The number of fused-ring (bicyclic) bond motifs is 1. The van der Waals surface area contributed by atoms with E-state index in [2.05, 4.69) is 11.4 Å². The molecule has 0 bridgehead atoms. The molecule has 18 heavy (non-hydrogen) atoms. The Bertz CT molecular complexity index is 453. The Morgan fingerprint density at radius 3 is 2.94 bits per heavy atom. The summed E-state index contributed by atoms with van der Waals surface area (Å²) in [4.78, 5) is 14.4. The van der Waals surface area contributed by atoms with Crippen molar-refractivity contribution in [3.63, 3.8) is 0 Å². The lowest BCUT2D eigenvalue weighted by Crippen LogP contribution is -2.41. The first-order valence-electron chi connectivity index (χ1n) is 6.55. The minimum Gasteiger partial charge on any atom is -0.378 e. The monoisotopic (exact) mass is 246 g/mol. The van der Waals surface area contributed by atoms with Crippen LogP contribution in [-0.2, 0) is 17.7 Å². The van der Waals surface area contributed by atoms with Gasteiger partial charge < -0.3 is 15.0 Å². The standard InChI is InChI=1S/C14H18N2O2/c17-14(16-6-8-18-9-7-16)13-3-1-2-11-10-15-5-4-12(11)13/h1-3,15H,4-10H2. The minimum atomic E-state index is 0.164. The van der Waals surface area contributed by atoms with Crippen molar-refractivity contribution in [2.45, 2.75) is 13.0 Å². The lowest BCUT2D eigenvalue weighted by molar-refractivity contribution is 0.0302. The predicted molar refractivity (Wildman–Crippen MR) is 68.6 cm³/mol. The van der Waals surface area contributed by atoms with E-state index >= 15 is 0 Å². The summed E-state index contributed by atoms with van der Waals surface area (Å²) in [5.41, 5.74) is 3.38. The van der Waals surface area contributed by atoms with Crippen LogP contribution < -0.4 is 5.32 Å². The molecule has 96 valence electrons. The van der Waals surface area contributed by atoms with Gasteiger partial charge in [0.05, 0.1) is 13.2 Å². The normalized spacial score (nSPS) is 19.4. The molecular weight excluding hydrogens is 228 g/mol. The minimum absolute atomic E-state index is 0.164. The fourth-order valence-corrected chi connectivity index (χ4v) is 2.67. The molecule has 4 heteroatoms. The third-order valence-corrected chi connectivity index (χ3v) is 3.67. The van der Waals surface area contributed by atoms with Crippen molar-refractivity contribution in [2.24, 2.45) is 0 Å². The van der Waals surface area contributed by atoms with E-state index in [1.165, 1.54) is 11.1 Å². The molecule has 1 fully saturated rings. The first-order valence-corrected chi connectivity index (χ1v) is 6.55. The molecule has 4 nitrogen and oxygen atoms in total. The summed E-state index contributed by atoms with van der Waals surface area (Å²) >= 11 is 0. The van der Waals surface area contributed by atoms with E-state index in [0.717, 1.165) is 25.1 Å². The summed E-state index contributed by atoms with van der Waals surface area (Å²) in [7, 11) is 0. The maximum atomic E-state index is 12.5. The number of benzene rings is 1.